The highest BCUT2D eigenvalue weighted by Crippen LogP contribution is 2.32. The molecule has 0 radical (unpaired) electrons. The van der Waals surface area contributed by atoms with Gasteiger partial charge >= 0.3 is 5.69 Å². The van der Waals surface area contributed by atoms with Crippen molar-refractivity contribution < 1.29 is 14.5 Å². The summed E-state index contributed by atoms with van der Waals surface area (Å²) in [4.78, 5) is 23.0. The van der Waals surface area contributed by atoms with Crippen LogP contribution in [0.3, 0.4) is 0 Å². The number of Topliss-reactive ketones (excluding diaryl/α,β-unsaturated/α-hetero) is 1. The number of rotatable bonds is 5. The van der Waals surface area contributed by atoms with Crippen LogP contribution in [0, 0.1) is 24.0 Å². The molecule has 0 amide bonds. The Morgan fingerprint density at radius 2 is 2.10 bits per heavy atom. The zero-order valence-electron chi connectivity index (χ0n) is 11.4. The Bertz CT molecular complexity index is 711. The molecule has 1 aromatic heterocycles. The van der Waals surface area contributed by atoms with E-state index < -0.39 is 4.92 Å². The second-order valence-corrected chi connectivity index (χ2v) is 6.22. The Hall–Kier alpha value is -1.92. The average Bonchev–Trinajstić information content (AvgIpc) is 2.83. The number of nitro benzene ring substituents is 1. The first kappa shape index (κ1) is 15.5. The molecule has 1 aromatic carbocycles. The first-order valence-electron chi connectivity index (χ1n) is 6.05. The van der Waals surface area contributed by atoms with E-state index in [0.717, 1.165) is 16.9 Å². The minimum absolute atomic E-state index is 0.126. The summed E-state index contributed by atoms with van der Waals surface area (Å²) in [5.41, 5.74) is 1.26. The van der Waals surface area contributed by atoms with Crippen molar-refractivity contribution in [3.8, 4) is 5.75 Å². The van der Waals surface area contributed by atoms with Crippen LogP contribution in [-0.2, 0) is 0 Å². The Balaban J connectivity index is 2.20. The van der Waals surface area contributed by atoms with Crippen LogP contribution in [0.4, 0.5) is 5.69 Å². The molecule has 0 saturated carbocycles. The van der Waals surface area contributed by atoms with Crippen LogP contribution in [0.2, 0.25) is 4.34 Å². The number of aryl methyl sites for hydroxylation is 2. The molecule has 0 saturated heterocycles. The van der Waals surface area contributed by atoms with Crippen molar-refractivity contribution in [1.82, 2.24) is 0 Å². The predicted octanol–water partition coefficient (Wildman–Crippen LogP) is 4.19. The third-order valence-electron chi connectivity index (χ3n) is 2.79. The summed E-state index contributed by atoms with van der Waals surface area (Å²) in [5.74, 6) is -0.136. The molecule has 2 rings (SSSR count). The van der Waals surface area contributed by atoms with Gasteiger partial charge in [0.1, 0.15) is 0 Å². The van der Waals surface area contributed by atoms with Crippen molar-refractivity contribution in [2.45, 2.75) is 13.8 Å². The number of nitro groups is 1. The van der Waals surface area contributed by atoms with Gasteiger partial charge in [0.2, 0.25) is 11.5 Å². The molecule has 110 valence electrons. The summed E-state index contributed by atoms with van der Waals surface area (Å²) in [6, 6.07) is 6.43. The number of ether oxygens (including phenoxy) is 1. The number of carbonyl (C=O) groups excluding carboxylic acids is 1. The van der Waals surface area contributed by atoms with Crippen LogP contribution in [0.25, 0.3) is 0 Å². The Morgan fingerprint density at radius 1 is 1.38 bits per heavy atom. The van der Waals surface area contributed by atoms with Crippen molar-refractivity contribution in [1.29, 1.82) is 0 Å². The summed E-state index contributed by atoms with van der Waals surface area (Å²) in [6.07, 6.45) is 0. The molecule has 0 N–H and O–H groups in total. The molecule has 0 aliphatic carbocycles. The lowest BCUT2D eigenvalue weighted by atomic mass is 10.1. The molecule has 0 fully saturated rings. The fraction of sp³-hybridized carbons (Fsp3) is 0.214. The maximum absolute atomic E-state index is 11.9. The lowest BCUT2D eigenvalue weighted by Gasteiger charge is -2.09. The molecule has 0 aliphatic rings. The second-order valence-electron chi connectivity index (χ2n) is 4.50. The zero-order chi connectivity index (χ0) is 15.6. The van der Waals surface area contributed by atoms with Crippen LogP contribution in [0.15, 0.2) is 24.3 Å². The first-order chi connectivity index (χ1) is 9.88. The van der Waals surface area contributed by atoms with Crippen molar-refractivity contribution in [2.75, 3.05) is 6.61 Å². The third-order valence-corrected chi connectivity index (χ3v) is 4.06. The van der Waals surface area contributed by atoms with E-state index in [9.17, 15) is 14.9 Å². The SMILES string of the molecule is Cc1cc(C)c(OCC(=O)c2ccc(Cl)s2)c([N+](=O)[O-])c1. The summed E-state index contributed by atoms with van der Waals surface area (Å²) in [5, 5.41) is 11.1. The molecule has 0 aliphatic heterocycles. The fourth-order valence-electron chi connectivity index (χ4n) is 1.93. The first-order valence-corrected chi connectivity index (χ1v) is 7.25. The van der Waals surface area contributed by atoms with Gasteiger partial charge in [0.15, 0.2) is 6.61 Å². The van der Waals surface area contributed by atoms with E-state index in [1.165, 1.54) is 6.07 Å². The highest BCUT2D eigenvalue weighted by molar-refractivity contribution is 7.18. The third kappa shape index (κ3) is 3.59. The number of thiophene rings is 1. The molecule has 2 aromatic rings. The van der Waals surface area contributed by atoms with Crippen LogP contribution >= 0.6 is 22.9 Å². The van der Waals surface area contributed by atoms with E-state index in [4.69, 9.17) is 16.3 Å². The summed E-state index contributed by atoms with van der Waals surface area (Å²) < 4.78 is 5.89. The van der Waals surface area contributed by atoms with Gasteiger partial charge in [0, 0.05) is 6.07 Å². The van der Waals surface area contributed by atoms with E-state index >= 15 is 0 Å². The largest absolute Gasteiger partial charge is 0.478 e. The molecule has 0 unspecified atom stereocenters. The van der Waals surface area contributed by atoms with E-state index in [-0.39, 0.29) is 23.8 Å². The number of carbonyl (C=O) groups is 1. The van der Waals surface area contributed by atoms with Gasteiger partial charge in [0.25, 0.3) is 0 Å². The quantitative estimate of drug-likeness (QED) is 0.469. The maximum Gasteiger partial charge on any atom is 0.311 e. The Morgan fingerprint density at radius 3 is 2.67 bits per heavy atom. The van der Waals surface area contributed by atoms with Gasteiger partial charge < -0.3 is 4.74 Å². The van der Waals surface area contributed by atoms with E-state index in [2.05, 4.69) is 0 Å². The van der Waals surface area contributed by atoms with Crippen molar-refractivity contribution in [3.63, 3.8) is 0 Å². The van der Waals surface area contributed by atoms with Gasteiger partial charge in [-0.2, -0.15) is 0 Å². The Kier molecular flexibility index (Phi) is 4.59. The van der Waals surface area contributed by atoms with Gasteiger partial charge in [-0.05, 0) is 37.1 Å². The minimum Gasteiger partial charge on any atom is -0.478 e. The Labute approximate surface area is 130 Å². The standard InChI is InChI=1S/C14H12ClNO4S/c1-8-5-9(2)14(10(6-8)16(18)19)20-7-11(17)12-3-4-13(15)21-12/h3-6H,7H2,1-2H3. The zero-order valence-corrected chi connectivity index (χ0v) is 13.0. The molecule has 1 heterocycles. The van der Waals surface area contributed by atoms with Crippen LogP contribution in [-0.4, -0.2) is 17.3 Å². The molecule has 0 atom stereocenters. The van der Waals surface area contributed by atoms with Crippen LogP contribution in [0.1, 0.15) is 20.8 Å². The normalized spacial score (nSPS) is 10.4. The number of hydrogen-bond donors (Lipinski definition) is 0. The smallest absolute Gasteiger partial charge is 0.311 e. The number of benzene rings is 1. The molecule has 7 heteroatoms. The summed E-state index contributed by atoms with van der Waals surface area (Å²) in [7, 11) is 0. The van der Waals surface area contributed by atoms with Gasteiger partial charge in [-0.25, -0.2) is 0 Å². The number of hydrogen-bond acceptors (Lipinski definition) is 5. The van der Waals surface area contributed by atoms with Crippen molar-refractivity contribution in [3.05, 3.63) is 54.7 Å². The molecule has 5 nitrogen and oxygen atoms in total. The molecule has 0 bridgehead atoms. The van der Waals surface area contributed by atoms with E-state index in [1.807, 2.05) is 0 Å². The van der Waals surface area contributed by atoms with Crippen LogP contribution < -0.4 is 4.74 Å². The van der Waals surface area contributed by atoms with Gasteiger partial charge in [-0.1, -0.05) is 17.7 Å². The maximum atomic E-state index is 11.9. The number of ketones is 1. The molecule has 21 heavy (non-hydrogen) atoms. The fourth-order valence-corrected chi connectivity index (χ4v) is 2.90. The number of halogens is 1. The predicted molar refractivity (Wildman–Crippen MR) is 81.7 cm³/mol. The van der Waals surface area contributed by atoms with E-state index in [1.54, 1.807) is 32.0 Å². The number of nitrogens with zero attached hydrogens (tertiary/aromatic N) is 1. The highest BCUT2D eigenvalue weighted by atomic mass is 35.5. The summed E-state index contributed by atoms with van der Waals surface area (Å²) in [6.45, 7) is 3.21. The van der Waals surface area contributed by atoms with Gasteiger partial charge in [-0.3, -0.25) is 14.9 Å². The second kappa shape index (κ2) is 6.24. The minimum atomic E-state index is -0.512. The van der Waals surface area contributed by atoms with Gasteiger partial charge in [0.05, 0.1) is 14.1 Å². The van der Waals surface area contributed by atoms with Crippen molar-refractivity contribution in [2.24, 2.45) is 0 Å². The van der Waals surface area contributed by atoms with Crippen LogP contribution in [0.5, 0.6) is 5.75 Å². The highest BCUT2D eigenvalue weighted by Gasteiger charge is 2.20. The molecule has 0 spiro atoms. The van der Waals surface area contributed by atoms with Crippen molar-refractivity contribution >= 4 is 34.4 Å². The van der Waals surface area contributed by atoms with Gasteiger partial charge in [-0.15, -0.1) is 11.3 Å². The monoisotopic (exact) mass is 325 g/mol. The lowest BCUT2D eigenvalue weighted by molar-refractivity contribution is -0.385. The topological polar surface area (TPSA) is 69.4 Å². The lowest BCUT2D eigenvalue weighted by Crippen LogP contribution is -2.12. The molecular weight excluding hydrogens is 314 g/mol. The average molecular weight is 326 g/mol. The summed E-state index contributed by atoms with van der Waals surface area (Å²) >= 11 is 6.92. The molecular formula is C14H12ClNO4S. The van der Waals surface area contributed by atoms with E-state index in [0.29, 0.717) is 14.8 Å².